The minimum atomic E-state index is -1.19. The molecule has 2 aliphatic heterocycles. The van der Waals surface area contributed by atoms with Crippen LogP contribution in [0.25, 0.3) is 0 Å². The Kier molecular flexibility index (Phi) is 6.37. The van der Waals surface area contributed by atoms with E-state index < -0.39 is 5.41 Å². The summed E-state index contributed by atoms with van der Waals surface area (Å²) in [4.78, 5) is 47.5. The number of hydrogen-bond acceptors (Lipinski definition) is 5. The lowest BCUT2D eigenvalue weighted by Gasteiger charge is -2.35. The predicted octanol–water partition coefficient (Wildman–Crippen LogP) is 2.61. The monoisotopic (exact) mass is 435 g/mol. The van der Waals surface area contributed by atoms with E-state index in [1.165, 1.54) is 4.90 Å². The molecular weight excluding hydrogens is 406 g/mol. The largest absolute Gasteiger partial charge is 0.380 e. The second-order valence-electron chi connectivity index (χ2n) is 8.74. The van der Waals surface area contributed by atoms with E-state index in [1.807, 2.05) is 37.3 Å². The first-order chi connectivity index (χ1) is 15.4. The lowest BCUT2D eigenvalue weighted by molar-refractivity contribution is -0.144. The summed E-state index contributed by atoms with van der Waals surface area (Å²) < 4.78 is 5.46. The topological polar surface area (TPSA) is 79.8 Å². The van der Waals surface area contributed by atoms with Crippen molar-refractivity contribution in [2.75, 3.05) is 20.2 Å². The predicted molar refractivity (Wildman–Crippen MR) is 118 cm³/mol. The Balaban J connectivity index is 1.66. The van der Waals surface area contributed by atoms with Crippen molar-refractivity contribution in [3.63, 3.8) is 0 Å². The SMILES string of the molecule is CO[C@@H]1CCCN(C(=O)C[C@@]2(c3ccccc3C)CC(=O)N(Cc3cccnc3)C2=O)C1. The zero-order valence-electron chi connectivity index (χ0n) is 18.6. The van der Waals surface area contributed by atoms with Crippen LogP contribution in [0.4, 0.5) is 0 Å². The van der Waals surface area contributed by atoms with Crippen LogP contribution in [0.2, 0.25) is 0 Å². The molecule has 3 heterocycles. The summed E-state index contributed by atoms with van der Waals surface area (Å²) >= 11 is 0. The van der Waals surface area contributed by atoms with Crippen molar-refractivity contribution in [2.45, 2.75) is 50.7 Å². The molecule has 1 aromatic carbocycles. The van der Waals surface area contributed by atoms with Crippen LogP contribution in [0.3, 0.4) is 0 Å². The molecule has 2 saturated heterocycles. The molecule has 0 spiro atoms. The molecule has 4 rings (SSSR count). The zero-order valence-corrected chi connectivity index (χ0v) is 18.6. The molecule has 0 N–H and O–H groups in total. The van der Waals surface area contributed by atoms with Crippen molar-refractivity contribution in [2.24, 2.45) is 0 Å². The van der Waals surface area contributed by atoms with Crippen molar-refractivity contribution in [3.8, 4) is 0 Å². The van der Waals surface area contributed by atoms with Gasteiger partial charge < -0.3 is 9.64 Å². The Morgan fingerprint density at radius 2 is 2.03 bits per heavy atom. The molecule has 2 aliphatic rings. The Morgan fingerprint density at radius 3 is 2.75 bits per heavy atom. The summed E-state index contributed by atoms with van der Waals surface area (Å²) in [5.74, 6) is -0.683. The van der Waals surface area contributed by atoms with E-state index in [-0.39, 0.29) is 43.2 Å². The number of benzene rings is 1. The molecule has 0 unspecified atom stereocenters. The lowest BCUT2D eigenvalue weighted by Crippen LogP contribution is -2.47. The van der Waals surface area contributed by atoms with Gasteiger partial charge in [-0.1, -0.05) is 30.3 Å². The number of hydrogen-bond donors (Lipinski definition) is 0. The summed E-state index contributed by atoms with van der Waals surface area (Å²) in [5.41, 5.74) is 1.24. The van der Waals surface area contributed by atoms with Gasteiger partial charge >= 0.3 is 0 Å². The number of piperidine rings is 1. The number of aromatic nitrogens is 1. The molecule has 3 amide bonds. The first-order valence-electron chi connectivity index (χ1n) is 11.0. The normalized spacial score (nSPS) is 23.6. The molecule has 0 aliphatic carbocycles. The first kappa shape index (κ1) is 22.1. The van der Waals surface area contributed by atoms with E-state index in [2.05, 4.69) is 4.98 Å². The Hall–Kier alpha value is -3.06. The van der Waals surface area contributed by atoms with Crippen molar-refractivity contribution < 1.29 is 19.1 Å². The van der Waals surface area contributed by atoms with E-state index in [9.17, 15) is 14.4 Å². The van der Waals surface area contributed by atoms with Gasteiger partial charge in [0.1, 0.15) is 0 Å². The average molecular weight is 436 g/mol. The minimum absolute atomic E-state index is 0.00472. The highest BCUT2D eigenvalue weighted by Crippen LogP contribution is 2.42. The molecule has 7 heteroatoms. The maximum Gasteiger partial charge on any atom is 0.241 e. The average Bonchev–Trinajstić information content (AvgIpc) is 3.04. The van der Waals surface area contributed by atoms with E-state index >= 15 is 0 Å². The standard InChI is InChI=1S/C25H29N3O4/c1-18-7-3-4-10-21(18)25(13-22(29)27-12-6-9-20(17-27)32-2)14-23(30)28(24(25)31)16-19-8-5-11-26-15-19/h3-5,7-8,10-11,15,20H,6,9,12-14,16-17H2,1-2H3/t20-,25+/m1/s1. The highest BCUT2D eigenvalue weighted by molar-refractivity contribution is 6.10. The van der Waals surface area contributed by atoms with Crippen LogP contribution in [-0.4, -0.2) is 58.8 Å². The smallest absolute Gasteiger partial charge is 0.241 e. The molecule has 0 bridgehead atoms. The van der Waals surface area contributed by atoms with Gasteiger partial charge in [0.05, 0.1) is 18.1 Å². The zero-order chi connectivity index (χ0) is 22.7. The number of methoxy groups -OCH3 is 1. The molecular formula is C25H29N3O4. The summed E-state index contributed by atoms with van der Waals surface area (Å²) in [6.07, 6.45) is 5.05. The number of rotatable bonds is 6. The van der Waals surface area contributed by atoms with Crippen LogP contribution in [0.5, 0.6) is 0 Å². The number of amides is 3. The Labute approximate surface area is 188 Å². The van der Waals surface area contributed by atoms with Crippen molar-refractivity contribution in [3.05, 3.63) is 65.5 Å². The van der Waals surface area contributed by atoms with Crippen LogP contribution >= 0.6 is 0 Å². The number of carbonyl (C=O) groups excluding carboxylic acids is 3. The molecule has 7 nitrogen and oxygen atoms in total. The van der Waals surface area contributed by atoms with E-state index in [4.69, 9.17) is 4.74 Å². The van der Waals surface area contributed by atoms with Gasteiger partial charge in [0.15, 0.2) is 0 Å². The molecule has 2 fully saturated rings. The van der Waals surface area contributed by atoms with Gasteiger partial charge in [-0.25, -0.2) is 0 Å². The fraction of sp³-hybridized carbons (Fsp3) is 0.440. The second kappa shape index (κ2) is 9.20. The molecule has 1 aromatic heterocycles. The van der Waals surface area contributed by atoms with Gasteiger partial charge in [0.25, 0.3) is 0 Å². The van der Waals surface area contributed by atoms with Gasteiger partial charge in [-0.2, -0.15) is 0 Å². The quantitative estimate of drug-likeness (QED) is 0.652. The Morgan fingerprint density at radius 1 is 1.22 bits per heavy atom. The molecule has 168 valence electrons. The van der Waals surface area contributed by atoms with E-state index in [0.29, 0.717) is 13.1 Å². The number of pyridine rings is 1. The van der Waals surface area contributed by atoms with Crippen LogP contribution in [0.15, 0.2) is 48.8 Å². The number of likely N-dealkylation sites (tertiary alicyclic amines) is 2. The van der Waals surface area contributed by atoms with Crippen molar-refractivity contribution in [1.29, 1.82) is 0 Å². The van der Waals surface area contributed by atoms with Crippen molar-refractivity contribution >= 4 is 17.7 Å². The number of nitrogens with zero attached hydrogens (tertiary/aromatic N) is 3. The number of carbonyl (C=O) groups is 3. The molecule has 2 aromatic rings. The van der Waals surface area contributed by atoms with Crippen LogP contribution in [-0.2, 0) is 31.1 Å². The lowest BCUT2D eigenvalue weighted by atomic mass is 9.73. The van der Waals surface area contributed by atoms with E-state index in [0.717, 1.165) is 29.5 Å². The summed E-state index contributed by atoms with van der Waals surface area (Å²) in [6.45, 7) is 3.23. The summed E-state index contributed by atoms with van der Waals surface area (Å²) in [6, 6.07) is 11.2. The summed E-state index contributed by atoms with van der Waals surface area (Å²) in [7, 11) is 1.66. The van der Waals surface area contributed by atoms with Crippen LogP contribution < -0.4 is 0 Å². The number of ether oxygens (including phenoxy) is 1. The van der Waals surface area contributed by atoms with Crippen molar-refractivity contribution in [1.82, 2.24) is 14.8 Å². The van der Waals surface area contributed by atoms with Gasteiger partial charge in [-0.3, -0.25) is 24.3 Å². The maximum atomic E-state index is 13.8. The highest BCUT2D eigenvalue weighted by Gasteiger charge is 2.54. The molecule has 2 atom stereocenters. The van der Waals surface area contributed by atoms with Gasteiger partial charge in [-0.15, -0.1) is 0 Å². The molecule has 32 heavy (non-hydrogen) atoms. The maximum absolute atomic E-state index is 13.8. The minimum Gasteiger partial charge on any atom is -0.380 e. The van der Waals surface area contributed by atoms with Crippen LogP contribution in [0.1, 0.15) is 42.4 Å². The number of imide groups is 1. The third-order valence-corrected chi connectivity index (χ3v) is 6.65. The first-order valence-corrected chi connectivity index (χ1v) is 11.0. The van der Waals surface area contributed by atoms with Gasteiger partial charge in [0.2, 0.25) is 17.7 Å². The molecule has 0 radical (unpaired) electrons. The second-order valence-corrected chi connectivity index (χ2v) is 8.74. The summed E-state index contributed by atoms with van der Waals surface area (Å²) in [5, 5.41) is 0. The number of aryl methyl sites for hydroxylation is 1. The van der Waals surface area contributed by atoms with Crippen LogP contribution in [0, 0.1) is 6.92 Å². The Bertz CT molecular complexity index is 1010. The fourth-order valence-electron chi connectivity index (χ4n) is 4.92. The third-order valence-electron chi connectivity index (χ3n) is 6.65. The van der Waals surface area contributed by atoms with E-state index in [1.54, 1.807) is 30.5 Å². The highest BCUT2D eigenvalue weighted by atomic mass is 16.5. The third kappa shape index (κ3) is 4.17. The molecule has 0 saturated carbocycles. The van der Waals surface area contributed by atoms with Gasteiger partial charge in [0, 0.05) is 45.4 Å². The fourth-order valence-corrected chi connectivity index (χ4v) is 4.92. The van der Waals surface area contributed by atoms with Gasteiger partial charge in [-0.05, 0) is 42.5 Å².